The van der Waals surface area contributed by atoms with Gasteiger partial charge in [-0.25, -0.2) is 5.10 Å². The van der Waals surface area contributed by atoms with Gasteiger partial charge in [-0.05, 0) is 47.2 Å². The molecule has 8 nitrogen and oxygen atoms in total. The van der Waals surface area contributed by atoms with Crippen molar-refractivity contribution in [1.82, 2.24) is 20.6 Å². The largest absolute Gasteiger partial charge is 0.507 e. The van der Waals surface area contributed by atoms with Crippen molar-refractivity contribution in [1.29, 1.82) is 0 Å². The monoisotopic (exact) mass is 407 g/mol. The fraction of sp³-hybridized carbons (Fsp3) is 0.222. The number of hydrogen-bond donors (Lipinski definition) is 2. The van der Waals surface area contributed by atoms with Crippen LogP contribution in [0.5, 0.6) is 11.5 Å². The van der Waals surface area contributed by atoms with Gasteiger partial charge in [0.15, 0.2) is 5.82 Å². The number of rotatable bonds is 7. The zero-order valence-corrected chi connectivity index (χ0v) is 15.1. The number of aromatic nitrogens is 4. The zero-order chi connectivity index (χ0) is 20.9. The van der Waals surface area contributed by atoms with E-state index >= 15 is 0 Å². The lowest BCUT2D eigenvalue weighted by atomic mass is 10.1. The molecular weight excluding hydrogens is 391 g/mol. The number of nitrogens with one attached hydrogen (secondary N) is 1. The molecule has 1 heterocycles. The lowest BCUT2D eigenvalue weighted by Crippen LogP contribution is -2.04. The Morgan fingerprint density at radius 2 is 1.90 bits per heavy atom. The molecule has 152 valence electrons. The molecule has 2 aromatic carbocycles. The molecule has 11 heteroatoms. The number of phenolic OH excluding ortho intramolecular Hbond substituents is 1. The van der Waals surface area contributed by atoms with Gasteiger partial charge in [0.1, 0.15) is 24.7 Å². The summed E-state index contributed by atoms with van der Waals surface area (Å²) in [5.41, 5.74) is 0.614. The molecule has 29 heavy (non-hydrogen) atoms. The lowest BCUT2D eigenvalue weighted by Gasteiger charge is -2.09. The highest BCUT2D eigenvalue weighted by Crippen LogP contribution is 2.29. The molecule has 0 bridgehead atoms. The third-order valence-corrected chi connectivity index (χ3v) is 3.84. The van der Waals surface area contributed by atoms with E-state index in [2.05, 4.69) is 25.8 Å². The standard InChI is InChI=1S/C18H16F3N5O3/c1-11(24-29-9-12-2-4-13(5-3-12)18(19,20)21)15-7-6-14(8-16(15)27)28-10-17-22-25-26-23-17/h2-8,27H,9-10H2,1H3,(H,22,23,25,26)/b24-11+. The van der Waals surface area contributed by atoms with E-state index in [4.69, 9.17) is 9.57 Å². The molecule has 0 atom stereocenters. The van der Waals surface area contributed by atoms with Crippen LogP contribution in [0.25, 0.3) is 0 Å². The molecule has 0 aliphatic rings. The minimum Gasteiger partial charge on any atom is -0.507 e. The molecule has 0 amide bonds. The van der Waals surface area contributed by atoms with Gasteiger partial charge in [-0.1, -0.05) is 17.3 Å². The highest BCUT2D eigenvalue weighted by atomic mass is 19.4. The first-order chi connectivity index (χ1) is 13.8. The maximum Gasteiger partial charge on any atom is 0.416 e. The van der Waals surface area contributed by atoms with Gasteiger partial charge in [0.2, 0.25) is 0 Å². The summed E-state index contributed by atoms with van der Waals surface area (Å²) in [6, 6.07) is 9.25. The molecule has 0 spiro atoms. The lowest BCUT2D eigenvalue weighted by molar-refractivity contribution is -0.137. The number of aromatic amines is 1. The first-order valence-electron chi connectivity index (χ1n) is 8.34. The van der Waals surface area contributed by atoms with Gasteiger partial charge in [-0.2, -0.15) is 13.2 Å². The number of ether oxygens (including phenoxy) is 1. The van der Waals surface area contributed by atoms with Gasteiger partial charge >= 0.3 is 6.18 Å². The third-order valence-electron chi connectivity index (χ3n) is 3.84. The number of H-pyrrole nitrogens is 1. The van der Waals surface area contributed by atoms with Gasteiger partial charge in [0.25, 0.3) is 0 Å². The van der Waals surface area contributed by atoms with Crippen LogP contribution in [-0.4, -0.2) is 31.4 Å². The summed E-state index contributed by atoms with van der Waals surface area (Å²) in [6.45, 7) is 1.72. The highest BCUT2D eigenvalue weighted by Gasteiger charge is 2.29. The predicted molar refractivity (Wildman–Crippen MR) is 95.1 cm³/mol. The van der Waals surface area contributed by atoms with Crippen LogP contribution in [0.1, 0.15) is 29.4 Å². The summed E-state index contributed by atoms with van der Waals surface area (Å²) in [5, 5.41) is 27.1. The number of oxime groups is 1. The van der Waals surface area contributed by atoms with Gasteiger partial charge in [0.05, 0.1) is 11.3 Å². The number of alkyl halides is 3. The van der Waals surface area contributed by atoms with E-state index in [0.29, 0.717) is 28.4 Å². The fourth-order valence-electron chi connectivity index (χ4n) is 2.34. The highest BCUT2D eigenvalue weighted by molar-refractivity contribution is 6.00. The van der Waals surface area contributed by atoms with Crippen molar-refractivity contribution in [2.75, 3.05) is 0 Å². The molecule has 3 aromatic rings. The predicted octanol–water partition coefficient (Wildman–Crippen LogP) is 3.44. The molecule has 0 radical (unpaired) electrons. The van der Waals surface area contributed by atoms with Crippen LogP contribution in [0.3, 0.4) is 0 Å². The molecule has 0 saturated heterocycles. The Hall–Kier alpha value is -3.63. The number of nitrogens with zero attached hydrogens (tertiary/aromatic N) is 4. The van der Waals surface area contributed by atoms with E-state index in [0.717, 1.165) is 12.1 Å². The Balaban J connectivity index is 1.57. The van der Waals surface area contributed by atoms with Gasteiger partial charge < -0.3 is 14.7 Å². The smallest absolute Gasteiger partial charge is 0.416 e. The number of hydrogen-bond acceptors (Lipinski definition) is 7. The molecule has 0 saturated carbocycles. The molecule has 0 aliphatic heterocycles. The van der Waals surface area contributed by atoms with Crippen molar-refractivity contribution in [2.45, 2.75) is 26.3 Å². The molecule has 0 aliphatic carbocycles. The summed E-state index contributed by atoms with van der Waals surface area (Å²) in [7, 11) is 0. The third kappa shape index (κ3) is 5.43. The van der Waals surface area contributed by atoms with Crippen molar-refractivity contribution in [3.8, 4) is 11.5 Å². The summed E-state index contributed by atoms with van der Waals surface area (Å²) in [5.74, 6) is 0.765. The average Bonchev–Trinajstić information content (AvgIpc) is 3.19. The quantitative estimate of drug-likeness (QED) is 0.459. The first kappa shape index (κ1) is 20.1. The summed E-state index contributed by atoms with van der Waals surface area (Å²) in [4.78, 5) is 5.18. The minimum absolute atomic E-state index is 0.0113. The van der Waals surface area contributed by atoms with E-state index in [1.54, 1.807) is 19.1 Å². The molecule has 0 fully saturated rings. The first-order valence-corrected chi connectivity index (χ1v) is 8.34. The molecule has 3 rings (SSSR count). The Kier molecular flexibility index (Phi) is 5.96. The zero-order valence-electron chi connectivity index (χ0n) is 15.1. The number of phenols is 1. The minimum atomic E-state index is -4.38. The summed E-state index contributed by atoms with van der Waals surface area (Å²) < 4.78 is 43.1. The van der Waals surface area contributed by atoms with Gasteiger partial charge in [-0.3, -0.25) is 0 Å². The number of halogens is 3. The van der Waals surface area contributed by atoms with E-state index in [1.165, 1.54) is 18.2 Å². The van der Waals surface area contributed by atoms with Crippen LogP contribution in [0, 0.1) is 0 Å². The van der Waals surface area contributed by atoms with E-state index in [9.17, 15) is 18.3 Å². The van der Waals surface area contributed by atoms with Gasteiger partial charge in [0, 0.05) is 11.6 Å². The molecule has 0 unspecified atom stereocenters. The SMILES string of the molecule is C/C(=N\OCc1ccc(C(F)(F)F)cc1)c1ccc(OCc2nnn[nH]2)cc1O. The Morgan fingerprint density at radius 3 is 2.52 bits per heavy atom. The van der Waals surface area contributed by atoms with Crippen molar-refractivity contribution in [2.24, 2.45) is 5.16 Å². The number of aromatic hydroxyl groups is 1. The number of tetrazole rings is 1. The Labute approximate surface area is 163 Å². The summed E-state index contributed by atoms with van der Waals surface area (Å²) in [6.07, 6.45) is -4.38. The van der Waals surface area contributed by atoms with Crippen LogP contribution < -0.4 is 4.74 Å². The van der Waals surface area contributed by atoms with E-state index < -0.39 is 11.7 Å². The second kappa shape index (κ2) is 8.59. The topological polar surface area (TPSA) is 106 Å². The van der Waals surface area contributed by atoms with E-state index in [-0.39, 0.29) is 19.0 Å². The average molecular weight is 407 g/mol. The van der Waals surface area contributed by atoms with Crippen LogP contribution in [0.2, 0.25) is 0 Å². The maximum absolute atomic E-state index is 12.6. The normalized spacial score (nSPS) is 12.1. The van der Waals surface area contributed by atoms with Crippen LogP contribution in [-0.2, 0) is 24.2 Å². The molecule has 2 N–H and O–H groups in total. The second-order valence-corrected chi connectivity index (χ2v) is 5.96. The summed E-state index contributed by atoms with van der Waals surface area (Å²) >= 11 is 0. The maximum atomic E-state index is 12.6. The van der Waals surface area contributed by atoms with Crippen molar-refractivity contribution in [3.05, 3.63) is 65.0 Å². The molecule has 1 aromatic heterocycles. The van der Waals surface area contributed by atoms with Crippen LogP contribution >= 0.6 is 0 Å². The molecular formula is C18H16F3N5O3. The Bertz CT molecular complexity index is 973. The number of benzene rings is 2. The van der Waals surface area contributed by atoms with E-state index in [1.807, 2.05) is 0 Å². The van der Waals surface area contributed by atoms with Crippen molar-refractivity contribution >= 4 is 5.71 Å². The Morgan fingerprint density at radius 1 is 1.14 bits per heavy atom. The second-order valence-electron chi connectivity index (χ2n) is 5.96. The van der Waals surface area contributed by atoms with Crippen molar-refractivity contribution < 1.29 is 27.9 Å². The van der Waals surface area contributed by atoms with Crippen LogP contribution in [0.15, 0.2) is 47.6 Å². The van der Waals surface area contributed by atoms with Crippen LogP contribution in [0.4, 0.5) is 13.2 Å². The van der Waals surface area contributed by atoms with Gasteiger partial charge in [-0.15, -0.1) is 5.10 Å². The van der Waals surface area contributed by atoms with Crippen molar-refractivity contribution in [3.63, 3.8) is 0 Å². The fourth-order valence-corrected chi connectivity index (χ4v) is 2.34.